The molecular formula is C12H13N3O. The summed E-state index contributed by atoms with van der Waals surface area (Å²) in [5.74, 6) is 0. The lowest BCUT2D eigenvalue weighted by molar-refractivity contribution is -0.0436. The van der Waals surface area contributed by atoms with E-state index in [0.29, 0.717) is 6.01 Å². The highest BCUT2D eigenvalue weighted by atomic mass is 16.7. The minimum atomic E-state index is 0.445. The van der Waals surface area contributed by atoms with Gasteiger partial charge in [-0.05, 0) is 18.9 Å². The Hall–Kier alpha value is -1.68. The van der Waals surface area contributed by atoms with Crippen molar-refractivity contribution in [1.82, 2.24) is 15.0 Å². The molecule has 0 bridgehead atoms. The van der Waals surface area contributed by atoms with Gasteiger partial charge in [0, 0.05) is 24.7 Å². The Morgan fingerprint density at radius 3 is 2.81 bits per heavy atom. The molecule has 0 radical (unpaired) electrons. The monoisotopic (exact) mass is 215 g/mol. The van der Waals surface area contributed by atoms with Crippen LogP contribution in [0.2, 0.25) is 0 Å². The first-order valence-electron chi connectivity index (χ1n) is 5.56. The molecule has 82 valence electrons. The minimum Gasteiger partial charge on any atom is -0.365 e. The summed E-state index contributed by atoms with van der Waals surface area (Å²) in [5.41, 5.74) is 0.923. The van der Waals surface area contributed by atoms with Gasteiger partial charge in [0.2, 0.25) is 0 Å². The van der Waals surface area contributed by atoms with Crippen LogP contribution in [-0.2, 0) is 0 Å². The molecule has 2 aromatic rings. The predicted octanol–water partition coefficient (Wildman–Crippen LogP) is 2.02. The Labute approximate surface area is 93.8 Å². The predicted molar refractivity (Wildman–Crippen MR) is 61.0 cm³/mol. The van der Waals surface area contributed by atoms with Crippen LogP contribution >= 0.6 is 0 Å². The molecule has 0 unspecified atom stereocenters. The van der Waals surface area contributed by atoms with Gasteiger partial charge in [-0.15, -0.1) is 5.06 Å². The normalized spacial score (nSPS) is 16.8. The molecule has 1 saturated heterocycles. The molecule has 4 nitrogen and oxygen atoms in total. The van der Waals surface area contributed by atoms with Crippen LogP contribution in [0, 0.1) is 0 Å². The average Bonchev–Trinajstić information content (AvgIpc) is 2.82. The molecule has 1 fully saturated rings. The minimum absolute atomic E-state index is 0.445. The third-order valence-electron chi connectivity index (χ3n) is 2.74. The summed E-state index contributed by atoms with van der Waals surface area (Å²) in [7, 11) is 0. The highest BCUT2D eigenvalue weighted by Crippen LogP contribution is 2.15. The number of rotatable bonds is 2. The van der Waals surface area contributed by atoms with Crippen LogP contribution in [0.15, 0.2) is 30.5 Å². The van der Waals surface area contributed by atoms with Crippen LogP contribution in [0.4, 0.5) is 0 Å². The maximum Gasteiger partial charge on any atom is 0.336 e. The van der Waals surface area contributed by atoms with Crippen LogP contribution < -0.4 is 4.84 Å². The number of fused-ring (bicyclic) bond motifs is 1. The molecule has 4 heteroatoms. The van der Waals surface area contributed by atoms with Gasteiger partial charge in [0.25, 0.3) is 0 Å². The quantitative estimate of drug-likeness (QED) is 0.768. The summed E-state index contributed by atoms with van der Waals surface area (Å²) in [6, 6.07) is 8.35. The van der Waals surface area contributed by atoms with Gasteiger partial charge in [-0.3, -0.25) is 0 Å². The smallest absolute Gasteiger partial charge is 0.336 e. The zero-order chi connectivity index (χ0) is 10.8. The van der Waals surface area contributed by atoms with Gasteiger partial charge in [-0.25, -0.2) is 4.98 Å². The van der Waals surface area contributed by atoms with Crippen LogP contribution in [0.5, 0.6) is 6.01 Å². The van der Waals surface area contributed by atoms with E-state index in [4.69, 9.17) is 4.84 Å². The number of para-hydroxylation sites is 1. The first-order valence-corrected chi connectivity index (χ1v) is 5.56. The van der Waals surface area contributed by atoms with Gasteiger partial charge in [0.15, 0.2) is 0 Å². The van der Waals surface area contributed by atoms with Crippen molar-refractivity contribution in [2.75, 3.05) is 13.1 Å². The van der Waals surface area contributed by atoms with Crippen molar-refractivity contribution < 1.29 is 4.84 Å². The van der Waals surface area contributed by atoms with Crippen molar-refractivity contribution >= 4 is 10.9 Å². The molecule has 0 spiro atoms. The molecule has 1 aliphatic rings. The summed E-state index contributed by atoms with van der Waals surface area (Å²) >= 11 is 0. The van der Waals surface area contributed by atoms with E-state index in [9.17, 15) is 0 Å². The fourth-order valence-corrected chi connectivity index (χ4v) is 1.89. The maximum atomic E-state index is 5.59. The number of nitrogens with zero attached hydrogens (tertiary/aromatic N) is 3. The van der Waals surface area contributed by atoms with Crippen molar-refractivity contribution in [3.63, 3.8) is 0 Å². The zero-order valence-electron chi connectivity index (χ0n) is 8.97. The zero-order valence-corrected chi connectivity index (χ0v) is 8.97. The lowest BCUT2D eigenvalue weighted by Crippen LogP contribution is -2.24. The van der Waals surface area contributed by atoms with Gasteiger partial charge in [0.1, 0.15) is 0 Å². The Balaban J connectivity index is 1.86. The number of benzene rings is 1. The third-order valence-corrected chi connectivity index (χ3v) is 2.74. The topological polar surface area (TPSA) is 38.2 Å². The fraction of sp³-hybridized carbons (Fsp3) is 0.333. The Kier molecular flexibility index (Phi) is 2.42. The van der Waals surface area contributed by atoms with Crippen LogP contribution in [-0.4, -0.2) is 28.1 Å². The van der Waals surface area contributed by atoms with Gasteiger partial charge in [-0.1, -0.05) is 18.2 Å². The van der Waals surface area contributed by atoms with E-state index < -0.39 is 0 Å². The molecule has 1 aromatic heterocycles. The van der Waals surface area contributed by atoms with E-state index in [2.05, 4.69) is 9.97 Å². The molecule has 0 aliphatic carbocycles. The van der Waals surface area contributed by atoms with Crippen LogP contribution in [0.3, 0.4) is 0 Å². The number of hydrogen-bond donors (Lipinski definition) is 0. The van der Waals surface area contributed by atoms with E-state index in [-0.39, 0.29) is 0 Å². The van der Waals surface area contributed by atoms with Gasteiger partial charge in [-0.2, -0.15) is 4.98 Å². The number of hydrogen-bond acceptors (Lipinski definition) is 4. The van der Waals surface area contributed by atoms with Crippen molar-refractivity contribution in [2.24, 2.45) is 0 Å². The maximum absolute atomic E-state index is 5.59. The van der Waals surface area contributed by atoms with E-state index in [0.717, 1.165) is 24.0 Å². The van der Waals surface area contributed by atoms with E-state index in [1.807, 2.05) is 29.3 Å². The summed E-state index contributed by atoms with van der Waals surface area (Å²) in [4.78, 5) is 14.2. The Morgan fingerprint density at radius 1 is 1.12 bits per heavy atom. The number of hydroxylamine groups is 2. The van der Waals surface area contributed by atoms with Gasteiger partial charge >= 0.3 is 6.01 Å². The standard InChI is InChI=1S/C12H13N3O/c1-2-6-11-10(5-1)9-13-12(14-11)16-15-7-3-4-8-15/h1-2,5-6,9H,3-4,7-8H2. The van der Waals surface area contributed by atoms with Crippen molar-refractivity contribution in [3.8, 4) is 6.01 Å². The largest absolute Gasteiger partial charge is 0.365 e. The molecule has 0 saturated carbocycles. The molecule has 16 heavy (non-hydrogen) atoms. The molecule has 0 amide bonds. The summed E-state index contributed by atoms with van der Waals surface area (Å²) < 4.78 is 0. The van der Waals surface area contributed by atoms with Gasteiger partial charge in [0.05, 0.1) is 5.52 Å². The van der Waals surface area contributed by atoms with Crippen molar-refractivity contribution in [2.45, 2.75) is 12.8 Å². The Bertz CT molecular complexity index is 494. The lowest BCUT2D eigenvalue weighted by Gasteiger charge is -2.13. The molecule has 3 rings (SSSR count). The van der Waals surface area contributed by atoms with E-state index in [1.54, 1.807) is 6.20 Å². The molecule has 0 N–H and O–H groups in total. The second kappa shape index (κ2) is 4.06. The first-order chi connectivity index (χ1) is 7.92. The number of aromatic nitrogens is 2. The van der Waals surface area contributed by atoms with E-state index >= 15 is 0 Å². The second-order valence-corrected chi connectivity index (χ2v) is 3.94. The molecule has 1 aromatic carbocycles. The third kappa shape index (κ3) is 1.84. The molecular weight excluding hydrogens is 202 g/mol. The highest BCUT2D eigenvalue weighted by molar-refractivity contribution is 5.77. The van der Waals surface area contributed by atoms with Crippen molar-refractivity contribution in [3.05, 3.63) is 30.5 Å². The summed E-state index contributed by atoms with van der Waals surface area (Å²) in [6.45, 7) is 1.94. The van der Waals surface area contributed by atoms with Crippen LogP contribution in [0.1, 0.15) is 12.8 Å². The molecule has 1 aliphatic heterocycles. The van der Waals surface area contributed by atoms with Crippen molar-refractivity contribution in [1.29, 1.82) is 0 Å². The van der Waals surface area contributed by atoms with E-state index in [1.165, 1.54) is 12.8 Å². The molecule has 2 heterocycles. The summed E-state index contributed by atoms with van der Waals surface area (Å²) in [6.07, 6.45) is 4.18. The average molecular weight is 215 g/mol. The highest BCUT2D eigenvalue weighted by Gasteiger charge is 2.14. The van der Waals surface area contributed by atoms with Gasteiger partial charge < -0.3 is 4.84 Å². The Morgan fingerprint density at radius 2 is 1.94 bits per heavy atom. The SMILES string of the molecule is c1ccc2nc(ON3CCCC3)ncc2c1. The summed E-state index contributed by atoms with van der Waals surface area (Å²) in [5, 5.41) is 2.96. The lowest BCUT2D eigenvalue weighted by atomic mass is 10.2. The van der Waals surface area contributed by atoms with Crippen LogP contribution in [0.25, 0.3) is 10.9 Å². The fourth-order valence-electron chi connectivity index (χ4n) is 1.89. The molecule has 0 atom stereocenters. The first kappa shape index (κ1) is 9.54. The second-order valence-electron chi connectivity index (χ2n) is 3.94.